The standard InChI is InChI=1S/C13H15FN4O2S/c1-3-11(15-4-2)13-17-16-12(21-13)9-6-5-8(18(19)20)7-10(9)14/h5-7,11,15H,3-4H2,1-2H3. The average molecular weight is 310 g/mol. The van der Waals surface area contributed by atoms with Crippen LogP contribution in [-0.4, -0.2) is 21.7 Å². The lowest BCUT2D eigenvalue weighted by atomic mass is 10.2. The van der Waals surface area contributed by atoms with E-state index in [0.29, 0.717) is 5.01 Å². The summed E-state index contributed by atoms with van der Waals surface area (Å²) in [5.41, 5.74) is -0.0456. The van der Waals surface area contributed by atoms with Gasteiger partial charge in [-0.1, -0.05) is 25.2 Å². The minimum Gasteiger partial charge on any atom is -0.308 e. The number of nitrogens with zero attached hydrogens (tertiary/aromatic N) is 3. The lowest BCUT2D eigenvalue weighted by Crippen LogP contribution is -2.19. The molecule has 1 aromatic heterocycles. The number of halogens is 1. The molecule has 0 spiro atoms. The molecule has 1 N–H and O–H groups in total. The van der Waals surface area contributed by atoms with Crippen LogP contribution in [0.15, 0.2) is 18.2 Å². The number of hydrogen-bond acceptors (Lipinski definition) is 6. The van der Waals surface area contributed by atoms with E-state index in [1.165, 1.54) is 23.5 Å². The smallest absolute Gasteiger partial charge is 0.272 e. The molecule has 0 amide bonds. The third-order valence-electron chi connectivity index (χ3n) is 2.99. The van der Waals surface area contributed by atoms with Crippen molar-refractivity contribution >= 4 is 17.0 Å². The van der Waals surface area contributed by atoms with Crippen molar-refractivity contribution in [2.45, 2.75) is 26.3 Å². The Hall–Kier alpha value is -1.93. The van der Waals surface area contributed by atoms with Crippen LogP contribution in [0.1, 0.15) is 31.3 Å². The first kappa shape index (κ1) is 15.5. The zero-order valence-electron chi connectivity index (χ0n) is 11.7. The quantitative estimate of drug-likeness (QED) is 0.654. The van der Waals surface area contributed by atoms with Crippen molar-refractivity contribution in [1.82, 2.24) is 15.5 Å². The Balaban J connectivity index is 2.31. The van der Waals surface area contributed by atoms with Gasteiger partial charge in [0, 0.05) is 11.6 Å². The van der Waals surface area contributed by atoms with E-state index in [9.17, 15) is 14.5 Å². The number of nitro groups is 1. The number of benzene rings is 1. The highest BCUT2D eigenvalue weighted by molar-refractivity contribution is 7.14. The predicted molar refractivity (Wildman–Crippen MR) is 78.7 cm³/mol. The molecule has 2 rings (SSSR count). The van der Waals surface area contributed by atoms with E-state index in [-0.39, 0.29) is 17.3 Å². The second-order valence-electron chi connectivity index (χ2n) is 4.39. The summed E-state index contributed by atoms with van der Waals surface area (Å²) < 4.78 is 14.0. The van der Waals surface area contributed by atoms with E-state index in [1.807, 2.05) is 13.8 Å². The van der Waals surface area contributed by atoms with Gasteiger partial charge in [0.15, 0.2) is 5.01 Å². The average Bonchev–Trinajstić information content (AvgIpc) is 2.93. The lowest BCUT2D eigenvalue weighted by molar-refractivity contribution is -0.385. The first-order chi connectivity index (χ1) is 10.1. The van der Waals surface area contributed by atoms with E-state index in [2.05, 4.69) is 15.5 Å². The van der Waals surface area contributed by atoms with Crippen molar-refractivity contribution in [3.63, 3.8) is 0 Å². The fraction of sp³-hybridized carbons (Fsp3) is 0.385. The molecule has 6 nitrogen and oxygen atoms in total. The largest absolute Gasteiger partial charge is 0.308 e. The van der Waals surface area contributed by atoms with Gasteiger partial charge in [0.1, 0.15) is 10.8 Å². The second-order valence-corrected chi connectivity index (χ2v) is 5.39. The Bertz CT molecular complexity index is 647. The monoisotopic (exact) mass is 310 g/mol. The van der Waals surface area contributed by atoms with Gasteiger partial charge < -0.3 is 5.32 Å². The number of hydrogen-bond donors (Lipinski definition) is 1. The maximum Gasteiger partial charge on any atom is 0.272 e. The summed E-state index contributed by atoms with van der Waals surface area (Å²) in [7, 11) is 0. The summed E-state index contributed by atoms with van der Waals surface area (Å²) in [6.07, 6.45) is 0.852. The highest BCUT2D eigenvalue weighted by Gasteiger charge is 2.18. The van der Waals surface area contributed by atoms with E-state index in [4.69, 9.17) is 0 Å². The van der Waals surface area contributed by atoms with Crippen molar-refractivity contribution in [1.29, 1.82) is 0 Å². The van der Waals surface area contributed by atoms with E-state index in [1.54, 1.807) is 0 Å². The van der Waals surface area contributed by atoms with Gasteiger partial charge in [-0.15, -0.1) is 10.2 Å². The molecule has 0 saturated carbocycles. The number of aromatic nitrogens is 2. The molecule has 112 valence electrons. The van der Waals surface area contributed by atoms with Crippen molar-refractivity contribution in [3.8, 4) is 10.6 Å². The highest BCUT2D eigenvalue weighted by atomic mass is 32.1. The summed E-state index contributed by atoms with van der Waals surface area (Å²) in [4.78, 5) is 9.98. The van der Waals surface area contributed by atoms with Crippen LogP contribution in [0.25, 0.3) is 10.6 Å². The van der Waals surface area contributed by atoms with Crippen molar-refractivity contribution < 1.29 is 9.31 Å². The number of rotatable bonds is 6. The van der Waals surface area contributed by atoms with Gasteiger partial charge in [-0.3, -0.25) is 10.1 Å². The Morgan fingerprint density at radius 3 is 2.76 bits per heavy atom. The maximum absolute atomic E-state index is 14.0. The minimum atomic E-state index is -0.664. The Labute approximate surface area is 125 Å². The highest BCUT2D eigenvalue weighted by Crippen LogP contribution is 2.31. The van der Waals surface area contributed by atoms with Crippen LogP contribution < -0.4 is 5.32 Å². The van der Waals surface area contributed by atoms with Gasteiger partial charge in [-0.2, -0.15) is 0 Å². The zero-order valence-corrected chi connectivity index (χ0v) is 12.5. The topological polar surface area (TPSA) is 81.0 Å². The van der Waals surface area contributed by atoms with E-state index >= 15 is 0 Å². The van der Waals surface area contributed by atoms with Crippen LogP contribution in [0, 0.1) is 15.9 Å². The predicted octanol–water partition coefficient (Wildman–Crippen LogP) is 3.31. The molecule has 1 aromatic carbocycles. The normalized spacial score (nSPS) is 12.3. The van der Waals surface area contributed by atoms with Gasteiger partial charge >= 0.3 is 0 Å². The molecular weight excluding hydrogens is 295 g/mol. The van der Waals surface area contributed by atoms with Gasteiger partial charge in [-0.25, -0.2) is 4.39 Å². The first-order valence-electron chi connectivity index (χ1n) is 6.57. The Kier molecular flexibility index (Phi) is 4.92. The molecule has 0 fully saturated rings. The van der Waals surface area contributed by atoms with E-state index < -0.39 is 10.7 Å². The van der Waals surface area contributed by atoms with E-state index in [0.717, 1.165) is 24.0 Å². The number of non-ortho nitro benzene ring substituents is 1. The molecule has 1 unspecified atom stereocenters. The van der Waals surface area contributed by atoms with Gasteiger partial charge in [0.25, 0.3) is 5.69 Å². The van der Waals surface area contributed by atoms with Crippen molar-refractivity contribution in [3.05, 3.63) is 39.1 Å². The fourth-order valence-corrected chi connectivity index (χ4v) is 2.96. The molecule has 21 heavy (non-hydrogen) atoms. The fourth-order valence-electron chi connectivity index (χ4n) is 1.93. The zero-order chi connectivity index (χ0) is 15.4. The Morgan fingerprint density at radius 2 is 2.19 bits per heavy atom. The number of nitro benzene ring substituents is 1. The molecule has 0 aliphatic heterocycles. The molecule has 0 aliphatic rings. The molecule has 0 aliphatic carbocycles. The summed E-state index contributed by atoms with van der Waals surface area (Å²) in [6.45, 7) is 4.83. The summed E-state index contributed by atoms with van der Waals surface area (Å²) in [6, 6.07) is 3.62. The minimum absolute atomic E-state index is 0.0855. The molecule has 0 bridgehead atoms. The molecule has 2 aromatic rings. The van der Waals surface area contributed by atoms with Crippen LogP contribution in [0.2, 0.25) is 0 Å². The molecular formula is C13H15FN4O2S. The van der Waals surface area contributed by atoms with Crippen LogP contribution in [0.5, 0.6) is 0 Å². The van der Waals surface area contributed by atoms with Crippen molar-refractivity contribution in [2.75, 3.05) is 6.54 Å². The molecule has 0 radical (unpaired) electrons. The third kappa shape index (κ3) is 3.40. The van der Waals surface area contributed by atoms with Gasteiger partial charge in [0.2, 0.25) is 0 Å². The Morgan fingerprint density at radius 1 is 1.43 bits per heavy atom. The molecule has 8 heteroatoms. The van der Waals surface area contributed by atoms with Crippen molar-refractivity contribution in [2.24, 2.45) is 0 Å². The van der Waals surface area contributed by atoms with Crippen LogP contribution >= 0.6 is 11.3 Å². The molecule has 1 atom stereocenters. The SMILES string of the molecule is CCNC(CC)c1nnc(-c2ccc([N+](=O)[O-])cc2F)s1. The molecule has 1 heterocycles. The van der Waals surface area contributed by atoms with Crippen LogP contribution in [0.4, 0.5) is 10.1 Å². The van der Waals surface area contributed by atoms with Gasteiger partial charge in [-0.05, 0) is 19.0 Å². The summed E-state index contributed by atoms with van der Waals surface area (Å²) in [5.74, 6) is -0.664. The van der Waals surface area contributed by atoms with Gasteiger partial charge in [0.05, 0.1) is 17.0 Å². The number of nitrogens with one attached hydrogen (secondary N) is 1. The second kappa shape index (κ2) is 6.68. The molecule has 0 saturated heterocycles. The summed E-state index contributed by atoms with van der Waals surface area (Å²) in [5, 5.41) is 23.2. The lowest BCUT2D eigenvalue weighted by Gasteiger charge is -2.10. The van der Waals surface area contributed by atoms with Crippen LogP contribution in [0.3, 0.4) is 0 Å². The summed E-state index contributed by atoms with van der Waals surface area (Å²) >= 11 is 1.29. The third-order valence-corrected chi connectivity index (χ3v) is 4.06. The first-order valence-corrected chi connectivity index (χ1v) is 7.39. The maximum atomic E-state index is 14.0. The van der Waals surface area contributed by atoms with Crippen LogP contribution in [-0.2, 0) is 0 Å².